The third kappa shape index (κ3) is 2.83. The number of amides is 2. The highest BCUT2D eigenvalue weighted by atomic mass is 32.1. The van der Waals surface area contributed by atoms with Gasteiger partial charge in [0.15, 0.2) is 5.69 Å². The molecular weight excluding hydrogens is 316 g/mol. The van der Waals surface area contributed by atoms with Crippen LogP contribution in [0.5, 0.6) is 0 Å². The van der Waals surface area contributed by atoms with Gasteiger partial charge in [0.1, 0.15) is 16.8 Å². The number of rotatable bonds is 2. The first-order chi connectivity index (χ1) is 11.0. The van der Waals surface area contributed by atoms with Gasteiger partial charge in [0.2, 0.25) is 5.91 Å². The van der Waals surface area contributed by atoms with Crippen LogP contribution in [0.25, 0.3) is 0 Å². The first kappa shape index (κ1) is 15.2. The highest BCUT2D eigenvalue weighted by Crippen LogP contribution is 2.36. The summed E-state index contributed by atoms with van der Waals surface area (Å²) < 4.78 is 4.89. The number of carbonyl (C=O) groups excluding carboxylic acids is 2. The Morgan fingerprint density at radius 3 is 2.91 bits per heavy atom. The third-order valence-electron chi connectivity index (χ3n) is 3.70. The highest BCUT2D eigenvalue weighted by molar-refractivity contribution is 7.16. The Labute approximate surface area is 136 Å². The zero-order valence-corrected chi connectivity index (χ0v) is 13.5. The molecule has 0 saturated heterocycles. The van der Waals surface area contributed by atoms with Crippen LogP contribution in [0.15, 0.2) is 10.6 Å². The molecule has 0 atom stereocenters. The molecule has 1 N–H and O–H groups in total. The van der Waals surface area contributed by atoms with Crippen LogP contribution in [0.1, 0.15) is 39.2 Å². The van der Waals surface area contributed by atoms with Gasteiger partial charge < -0.3 is 14.7 Å². The fraction of sp³-hybridized carbons (Fsp3) is 0.333. The number of nitrogens with zero attached hydrogens (tertiary/aromatic N) is 3. The van der Waals surface area contributed by atoms with Crippen LogP contribution < -0.4 is 5.32 Å². The SMILES string of the molecule is CC(=O)N1CCc2c(sc(NC(=O)c3cc(C)on3)c2C#N)C1. The molecule has 0 spiro atoms. The maximum Gasteiger partial charge on any atom is 0.278 e. The van der Waals surface area contributed by atoms with E-state index in [0.29, 0.717) is 35.8 Å². The van der Waals surface area contributed by atoms with Gasteiger partial charge >= 0.3 is 0 Å². The van der Waals surface area contributed by atoms with Gasteiger partial charge in [-0.25, -0.2) is 0 Å². The van der Waals surface area contributed by atoms with Crippen molar-refractivity contribution in [3.8, 4) is 6.07 Å². The van der Waals surface area contributed by atoms with E-state index in [-0.39, 0.29) is 11.6 Å². The maximum atomic E-state index is 12.2. The molecule has 118 valence electrons. The summed E-state index contributed by atoms with van der Waals surface area (Å²) in [5.74, 6) is 0.129. The lowest BCUT2D eigenvalue weighted by Gasteiger charge is -2.25. The molecular formula is C15H14N4O3S. The number of nitrogens with one attached hydrogen (secondary N) is 1. The van der Waals surface area contributed by atoms with Crippen molar-refractivity contribution in [3.63, 3.8) is 0 Å². The molecule has 8 heteroatoms. The molecule has 2 amide bonds. The largest absolute Gasteiger partial charge is 0.361 e. The van der Waals surface area contributed by atoms with Crippen LogP contribution in [0.3, 0.4) is 0 Å². The van der Waals surface area contributed by atoms with Gasteiger partial charge in [0.25, 0.3) is 5.91 Å². The summed E-state index contributed by atoms with van der Waals surface area (Å²) in [6, 6.07) is 3.69. The van der Waals surface area contributed by atoms with Gasteiger partial charge in [-0.3, -0.25) is 9.59 Å². The second-order valence-corrected chi connectivity index (χ2v) is 6.39. The van der Waals surface area contributed by atoms with E-state index in [1.54, 1.807) is 11.8 Å². The molecule has 0 aliphatic carbocycles. The Hall–Kier alpha value is -2.66. The minimum absolute atomic E-state index is 0.00576. The molecule has 0 radical (unpaired) electrons. The second kappa shape index (κ2) is 5.85. The molecule has 3 rings (SSSR count). The summed E-state index contributed by atoms with van der Waals surface area (Å²) in [6.45, 7) is 4.29. The lowest BCUT2D eigenvalue weighted by Crippen LogP contribution is -2.33. The van der Waals surface area contributed by atoms with E-state index in [1.165, 1.54) is 24.3 Å². The monoisotopic (exact) mass is 330 g/mol. The summed E-state index contributed by atoms with van der Waals surface area (Å²) in [4.78, 5) is 26.4. The van der Waals surface area contributed by atoms with E-state index in [1.807, 2.05) is 0 Å². The number of hydrogen-bond donors (Lipinski definition) is 1. The van der Waals surface area contributed by atoms with Gasteiger partial charge in [0.05, 0.1) is 12.1 Å². The minimum Gasteiger partial charge on any atom is -0.361 e. The van der Waals surface area contributed by atoms with Crippen LogP contribution in [0.4, 0.5) is 5.00 Å². The predicted octanol–water partition coefficient (Wildman–Crippen LogP) is 2.07. The quantitative estimate of drug-likeness (QED) is 0.908. The molecule has 0 saturated carbocycles. The number of nitriles is 1. The molecule has 1 aliphatic heterocycles. The molecule has 2 aromatic rings. The van der Waals surface area contributed by atoms with Crippen LogP contribution in [0.2, 0.25) is 0 Å². The minimum atomic E-state index is -0.416. The lowest BCUT2D eigenvalue weighted by atomic mass is 10.0. The highest BCUT2D eigenvalue weighted by Gasteiger charge is 2.26. The van der Waals surface area contributed by atoms with Gasteiger partial charge in [-0.15, -0.1) is 11.3 Å². The summed E-state index contributed by atoms with van der Waals surface area (Å²) in [5.41, 5.74) is 1.56. The van der Waals surface area contributed by atoms with Crippen molar-refractivity contribution in [2.24, 2.45) is 0 Å². The summed E-state index contributed by atoms with van der Waals surface area (Å²) >= 11 is 1.33. The third-order valence-corrected chi connectivity index (χ3v) is 4.83. The molecule has 0 aromatic carbocycles. The number of aromatic nitrogens is 1. The van der Waals surface area contributed by atoms with Crippen molar-refractivity contribution in [3.05, 3.63) is 33.5 Å². The van der Waals surface area contributed by atoms with Crippen molar-refractivity contribution in [2.75, 3.05) is 11.9 Å². The van der Waals surface area contributed by atoms with Gasteiger partial charge in [-0.2, -0.15) is 5.26 Å². The normalized spacial score (nSPS) is 13.3. The number of aryl methyl sites for hydroxylation is 1. The average Bonchev–Trinajstić information content (AvgIpc) is 3.09. The predicted molar refractivity (Wildman–Crippen MR) is 83.0 cm³/mol. The first-order valence-corrected chi connectivity index (χ1v) is 7.86. The van der Waals surface area contributed by atoms with Crippen molar-refractivity contribution in [2.45, 2.75) is 26.8 Å². The fourth-order valence-electron chi connectivity index (χ4n) is 2.52. The Bertz CT molecular complexity index is 830. The lowest BCUT2D eigenvalue weighted by molar-refractivity contribution is -0.129. The smallest absolute Gasteiger partial charge is 0.278 e. The molecule has 3 heterocycles. The summed E-state index contributed by atoms with van der Waals surface area (Å²) in [5, 5.41) is 16.3. The maximum absolute atomic E-state index is 12.2. The zero-order valence-electron chi connectivity index (χ0n) is 12.7. The second-order valence-electron chi connectivity index (χ2n) is 5.29. The van der Waals surface area contributed by atoms with Crippen molar-refractivity contribution in [1.82, 2.24) is 10.1 Å². The molecule has 0 bridgehead atoms. The van der Waals surface area contributed by atoms with Crippen LogP contribution in [-0.2, 0) is 17.8 Å². The van der Waals surface area contributed by atoms with Gasteiger partial charge in [0, 0.05) is 24.4 Å². The number of carbonyl (C=O) groups is 2. The van der Waals surface area contributed by atoms with E-state index >= 15 is 0 Å². The zero-order chi connectivity index (χ0) is 16.6. The Kier molecular flexibility index (Phi) is 3.88. The van der Waals surface area contributed by atoms with E-state index in [0.717, 1.165) is 10.4 Å². The van der Waals surface area contributed by atoms with Crippen molar-refractivity contribution >= 4 is 28.2 Å². The average molecular weight is 330 g/mol. The number of anilines is 1. The molecule has 23 heavy (non-hydrogen) atoms. The van der Waals surface area contributed by atoms with Crippen LogP contribution >= 0.6 is 11.3 Å². The Morgan fingerprint density at radius 1 is 1.52 bits per heavy atom. The summed E-state index contributed by atoms with van der Waals surface area (Å²) in [6.07, 6.45) is 0.618. The summed E-state index contributed by atoms with van der Waals surface area (Å²) in [7, 11) is 0. The number of fused-ring (bicyclic) bond motifs is 1. The van der Waals surface area contributed by atoms with E-state index in [4.69, 9.17) is 4.52 Å². The molecule has 7 nitrogen and oxygen atoms in total. The molecule has 0 fully saturated rings. The first-order valence-electron chi connectivity index (χ1n) is 7.04. The topological polar surface area (TPSA) is 99.2 Å². The van der Waals surface area contributed by atoms with E-state index in [2.05, 4.69) is 16.5 Å². The Morgan fingerprint density at radius 2 is 2.30 bits per heavy atom. The van der Waals surface area contributed by atoms with Crippen LogP contribution in [-0.4, -0.2) is 28.4 Å². The molecule has 1 aliphatic rings. The van der Waals surface area contributed by atoms with Crippen LogP contribution in [0, 0.1) is 18.3 Å². The van der Waals surface area contributed by atoms with E-state index < -0.39 is 5.91 Å². The standard InChI is InChI=1S/C15H14N4O3S/c1-8-5-12(18-22-8)14(21)17-15-11(6-16)10-3-4-19(9(2)20)7-13(10)23-15/h5H,3-4,7H2,1-2H3,(H,17,21). The fourth-order valence-corrected chi connectivity index (χ4v) is 3.73. The van der Waals surface area contributed by atoms with Gasteiger partial charge in [-0.05, 0) is 18.9 Å². The van der Waals surface area contributed by atoms with Crippen molar-refractivity contribution < 1.29 is 14.1 Å². The molecule has 2 aromatic heterocycles. The molecule has 0 unspecified atom stereocenters. The van der Waals surface area contributed by atoms with Gasteiger partial charge in [-0.1, -0.05) is 5.16 Å². The number of thiophene rings is 1. The number of hydrogen-bond acceptors (Lipinski definition) is 6. The Balaban J connectivity index is 1.88. The van der Waals surface area contributed by atoms with E-state index in [9.17, 15) is 14.9 Å². The van der Waals surface area contributed by atoms with Crippen molar-refractivity contribution in [1.29, 1.82) is 5.26 Å².